The van der Waals surface area contributed by atoms with Gasteiger partial charge in [0.05, 0.1) is 19.6 Å². The van der Waals surface area contributed by atoms with Gasteiger partial charge in [-0.05, 0) is 6.07 Å². The highest BCUT2D eigenvalue weighted by molar-refractivity contribution is 5.91. The quantitative estimate of drug-likeness (QED) is 0.885. The Morgan fingerprint density at radius 2 is 2.19 bits per heavy atom. The summed E-state index contributed by atoms with van der Waals surface area (Å²) in [4.78, 5) is 15.9. The summed E-state index contributed by atoms with van der Waals surface area (Å²) in [6.45, 7) is 0.182. The monoisotopic (exact) mass is 288 g/mol. The number of methoxy groups -OCH3 is 1. The zero-order valence-corrected chi connectivity index (χ0v) is 11.2. The largest absolute Gasteiger partial charge is 0.496 e. The molecule has 1 N–H and O–H groups in total. The second kappa shape index (κ2) is 4.37. The van der Waals surface area contributed by atoms with Crippen molar-refractivity contribution in [3.8, 4) is 17.2 Å². The average molecular weight is 288 g/mol. The van der Waals surface area contributed by atoms with Crippen LogP contribution in [0.3, 0.4) is 0 Å². The van der Waals surface area contributed by atoms with Gasteiger partial charge >= 0.3 is 0 Å². The highest BCUT2D eigenvalue weighted by Gasteiger charge is 2.31. The summed E-state index contributed by atoms with van der Waals surface area (Å²) in [7, 11) is 1.58. The smallest absolute Gasteiger partial charge is 0.231 e. The van der Waals surface area contributed by atoms with Gasteiger partial charge in [-0.2, -0.15) is 10.1 Å². The van der Waals surface area contributed by atoms with E-state index in [1.165, 1.54) is 6.33 Å². The van der Waals surface area contributed by atoms with Gasteiger partial charge in [0.2, 0.25) is 18.6 Å². The van der Waals surface area contributed by atoms with Crippen LogP contribution in [0.1, 0.15) is 18.0 Å². The number of benzene rings is 1. The van der Waals surface area contributed by atoms with E-state index in [0.29, 0.717) is 23.2 Å². The van der Waals surface area contributed by atoms with Crippen molar-refractivity contribution >= 4 is 11.9 Å². The molecule has 2 aliphatic rings. The van der Waals surface area contributed by atoms with E-state index in [0.717, 1.165) is 5.56 Å². The standard InChI is InChI=1S/C13H12N4O4/c1-19-9-4-11-10(20-6-21-11)2-7(9)8-3-12(18)16-13-14-5-15-17(8)13/h2,4-5,8H,3,6H2,1H3,(H,14,15,16,18)/t8-/m1/s1. The van der Waals surface area contributed by atoms with Crippen molar-refractivity contribution in [3.05, 3.63) is 24.0 Å². The maximum absolute atomic E-state index is 11.9. The molecule has 0 saturated carbocycles. The second-order valence-corrected chi connectivity index (χ2v) is 4.74. The van der Waals surface area contributed by atoms with Gasteiger partial charge in [-0.25, -0.2) is 4.68 Å². The van der Waals surface area contributed by atoms with Crippen LogP contribution in [0, 0.1) is 0 Å². The maximum atomic E-state index is 11.9. The van der Waals surface area contributed by atoms with E-state index in [2.05, 4.69) is 15.4 Å². The molecule has 1 atom stereocenters. The van der Waals surface area contributed by atoms with Gasteiger partial charge in [0.15, 0.2) is 11.5 Å². The van der Waals surface area contributed by atoms with E-state index in [4.69, 9.17) is 14.2 Å². The predicted molar refractivity (Wildman–Crippen MR) is 70.5 cm³/mol. The molecule has 2 aliphatic heterocycles. The van der Waals surface area contributed by atoms with Crippen LogP contribution in [0.25, 0.3) is 0 Å². The number of aromatic nitrogens is 3. The number of hydrogen-bond acceptors (Lipinski definition) is 6. The van der Waals surface area contributed by atoms with Crippen molar-refractivity contribution < 1.29 is 19.0 Å². The van der Waals surface area contributed by atoms with Gasteiger partial charge in [-0.1, -0.05) is 0 Å². The van der Waals surface area contributed by atoms with Crippen LogP contribution in [0.4, 0.5) is 5.95 Å². The van der Waals surface area contributed by atoms with Gasteiger partial charge in [0.25, 0.3) is 0 Å². The molecule has 0 unspecified atom stereocenters. The Morgan fingerprint density at radius 3 is 3.00 bits per heavy atom. The summed E-state index contributed by atoms with van der Waals surface area (Å²) in [5, 5.41) is 6.86. The van der Waals surface area contributed by atoms with E-state index < -0.39 is 0 Å². The molecule has 108 valence electrons. The average Bonchev–Trinajstić information content (AvgIpc) is 3.12. The highest BCUT2D eigenvalue weighted by atomic mass is 16.7. The highest BCUT2D eigenvalue weighted by Crippen LogP contribution is 2.43. The summed E-state index contributed by atoms with van der Waals surface area (Å²) < 4.78 is 17.8. The number of rotatable bonds is 2. The molecule has 4 rings (SSSR count). The fraction of sp³-hybridized carbons (Fsp3) is 0.308. The van der Waals surface area contributed by atoms with Crippen LogP contribution in [0.15, 0.2) is 18.5 Å². The third-order valence-electron chi connectivity index (χ3n) is 3.58. The van der Waals surface area contributed by atoms with E-state index in [-0.39, 0.29) is 25.2 Å². The Morgan fingerprint density at radius 1 is 1.38 bits per heavy atom. The maximum Gasteiger partial charge on any atom is 0.231 e. The van der Waals surface area contributed by atoms with E-state index in [1.807, 2.05) is 6.07 Å². The normalized spacial score (nSPS) is 19.1. The molecule has 0 aliphatic carbocycles. The van der Waals surface area contributed by atoms with Crippen molar-refractivity contribution in [3.63, 3.8) is 0 Å². The van der Waals surface area contributed by atoms with Gasteiger partial charge in [-0.3, -0.25) is 10.1 Å². The lowest BCUT2D eigenvalue weighted by Gasteiger charge is -2.25. The Bertz CT molecular complexity index is 727. The summed E-state index contributed by atoms with van der Waals surface area (Å²) >= 11 is 0. The molecule has 0 fully saturated rings. The number of fused-ring (bicyclic) bond motifs is 2. The Labute approximate surface area is 119 Å². The van der Waals surface area contributed by atoms with E-state index >= 15 is 0 Å². The lowest BCUT2D eigenvalue weighted by atomic mass is 10.0. The number of carbonyl (C=O) groups is 1. The molecule has 0 spiro atoms. The fourth-order valence-corrected chi connectivity index (χ4v) is 2.62. The minimum atomic E-state index is -0.291. The van der Waals surface area contributed by atoms with Crippen molar-refractivity contribution in [1.82, 2.24) is 14.8 Å². The number of nitrogens with one attached hydrogen (secondary N) is 1. The van der Waals surface area contributed by atoms with Crippen LogP contribution in [-0.2, 0) is 4.79 Å². The summed E-state index contributed by atoms with van der Waals surface area (Å²) in [5.74, 6) is 2.21. The Balaban J connectivity index is 1.85. The zero-order valence-electron chi connectivity index (χ0n) is 11.2. The van der Waals surface area contributed by atoms with Crippen molar-refractivity contribution in [2.75, 3.05) is 19.2 Å². The van der Waals surface area contributed by atoms with Crippen LogP contribution in [0.2, 0.25) is 0 Å². The number of anilines is 1. The SMILES string of the molecule is COc1cc2c(cc1[C@H]1CC(=O)Nc3ncnn31)OCO2. The molecule has 0 radical (unpaired) electrons. The van der Waals surface area contributed by atoms with Crippen molar-refractivity contribution in [1.29, 1.82) is 0 Å². The molecular formula is C13H12N4O4. The topological polar surface area (TPSA) is 87.5 Å². The van der Waals surface area contributed by atoms with Crippen LogP contribution < -0.4 is 19.5 Å². The number of nitrogens with zero attached hydrogens (tertiary/aromatic N) is 3. The molecule has 1 aromatic carbocycles. The minimum absolute atomic E-state index is 0.111. The molecule has 0 bridgehead atoms. The van der Waals surface area contributed by atoms with E-state index in [9.17, 15) is 4.79 Å². The van der Waals surface area contributed by atoms with Crippen LogP contribution in [-0.4, -0.2) is 34.6 Å². The molecule has 1 amide bonds. The fourth-order valence-electron chi connectivity index (χ4n) is 2.62. The second-order valence-electron chi connectivity index (χ2n) is 4.74. The molecule has 8 heteroatoms. The van der Waals surface area contributed by atoms with Gasteiger partial charge in [0, 0.05) is 11.6 Å². The lowest BCUT2D eigenvalue weighted by molar-refractivity contribution is -0.117. The Hall–Kier alpha value is -2.77. The first-order valence-electron chi connectivity index (χ1n) is 6.43. The molecule has 0 saturated heterocycles. The molecular weight excluding hydrogens is 276 g/mol. The van der Waals surface area contributed by atoms with Gasteiger partial charge in [-0.15, -0.1) is 0 Å². The number of ether oxygens (including phenoxy) is 3. The first kappa shape index (κ1) is 12.0. The minimum Gasteiger partial charge on any atom is -0.496 e. The third kappa shape index (κ3) is 1.79. The van der Waals surface area contributed by atoms with Crippen molar-refractivity contribution in [2.45, 2.75) is 12.5 Å². The van der Waals surface area contributed by atoms with E-state index in [1.54, 1.807) is 17.9 Å². The number of hydrogen-bond donors (Lipinski definition) is 1. The van der Waals surface area contributed by atoms with Gasteiger partial charge in [0.1, 0.15) is 12.1 Å². The molecule has 2 aromatic rings. The lowest BCUT2D eigenvalue weighted by Crippen LogP contribution is -2.29. The summed E-state index contributed by atoms with van der Waals surface area (Å²) in [5.41, 5.74) is 0.809. The van der Waals surface area contributed by atoms with Crippen LogP contribution in [0.5, 0.6) is 17.2 Å². The van der Waals surface area contributed by atoms with Crippen LogP contribution >= 0.6 is 0 Å². The van der Waals surface area contributed by atoms with Gasteiger partial charge < -0.3 is 14.2 Å². The predicted octanol–water partition coefficient (Wildman–Crippen LogP) is 0.947. The first-order chi connectivity index (χ1) is 10.3. The molecule has 1 aromatic heterocycles. The molecule has 8 nitrogen and oxygen atoms in total. The van der Waals surface area contributed by atoms with Crippen molar-refractivity contribution in [2.24, 2.45) is 0 Å². The molecule has 3 heterocycles. The summed E-state index contributed by atoms with van der Waals surface area (Å²) in [6.07, 6.45) is 1.67. The number of carbonyl (C=O) groups excluding carboxylic acids is 1. The Kier molecular flexibility index (Phi) is 2.50. The molecule has 21 heavy (non-hydrogen) atoms. The zero-order chi connectivity index (χ0) is 14.4. The third-order valence-corrected chi connectivity index (χ3v) is 3.58. The summed E-state index contributed by atoms with van der Waals surface area (Å²) in [6, 6.07) is 3.30. The first-order valence-corrected chi connectivity index (χ1v) is 6.43. The number of amides is 1.